The van der Waals surface area contributed by atoms with Gasteiger partial charge in [0.1, 0.15) is 5.52 Å². The van der Waals surface area contributed by atoms with Gasteiger partial charge in [0.25, 0.3) is 0 Å². The van der Waals surface area contributed by atoms with Gasteiger partial charge in [-0.25, -0.2) is 4.98 Å². The van der Waals surface area contributed by atoms with Crippen molar-refractivity contribution in [2.24, 2.45) is 0 Å². The lowest BCUT2D eigenvalue weighted by Gasteiger charge is -2.01. The van der Waals surface area contributed by atoms with Gasteiger partial charge in [0.2, 0.25) is 5.89 Å². The minimum atomic E-state index is 0.453. The topological polar surface area (TPSA) is 52.0 Å². The number of anilines is 1. The molecular formula is C14H10Cl2N2O. The van der Waals surface area contributed by atoms with Gasteiger partial charge in [0.15, 0.2) is 5.58 Å². The van der Waals surface area contributed by atoms with E-state index in [1.165, 1.54) is 0 Å². The molecule has 0 amide bonds. The number of nitrogens with two attached hydrogens (primary N) is 1. The average Bonchev–Trinajstić information content (AvgIpc) is 2.72. The van der Waals surface area contributed by atoms with Gasteiger partial charge in [0, 0.05) is 16.3 Å². The third kappa shape index (κ3) is 2.15. The third-order valence-corrected chi connectivity index (χ3v) is 3.39. The maximum atomic E-state index is 6.09. The molecule has 3 rings (SSSR count). The van der Waals surface area contributed by atoms with Crippen LogP contribution in [0.3, 0.4) is 0 Å². The standard InChI is InChI=1S/C14H10Cl2N2O/c1-7-4-9(17)2-3-10(7)14-18-12-6-8(15)5-11(16)13(12)19-14/h2-6H,17H2,1H3. The van der Waals surface area contributed by atoms with E-state index >= 15 is 0 Å². The fourth-order valence-corrected chi connectivity index (χ4v) is 2.52. The number of nitrogen functional groups attached to an aromatic ring is 1. The Morgan fingerprint density at radius 1 is 1.16 bits per heavy atom. The number of halogens is 2. The molecule has 3 nitrogen and oxygen atoms in total. The monoisotopic (exact) mass is 292 g/mol. The molecule has 0 bridgehead atoms. The zero-order chi connectivity index (χ0) is 13.6. The highest BCUT2D eigenvalue weighted by atomic mass is 35.5. The number of rotatable bonds is 1. The molecule has 1 heterocycles. The predicted molar refractivity (Wildman–Crippen MR) is 78.6 cm³/mol. The Labute approximate surface area is 119 Å². The second-order valence-electron chi connectivity index (χ2n) is 4.33. The molecule has 0 saturated carbocycles. The van der Waals surface area contributed by atoms with Crippen LogP contribution in [0.15, 0.2) is 34.7 Å². The summed E-state index contributed by atoms with van der Waals surface area (Å²) in [5.41, 5.74) is 9.50. The van der Waals surface area contributed by atoms with E-state index in [1.807, 2.05) is 25.1 Å². The minimum absolute atomic E-state index is 0.453. The van der Waals surface area contributed by atoms with Gasteiger partial charge in [-0.3, -0.25) is 0 Å². The first kappa shape index (κ1) is 12.3. The molecule has 0 saturated heterocycles. The summed E-state index contributed by atoms with van der Waals surface area (Å²) in [6, 6.07) is 8.92. The molecule has 5 heteroatoms. The largest absolute Gasteiger partial charge is 0.434 e. The van der Waals surface area contributed by atoms with Crippen LogP contribution >= 0.6 is 23.2 Å². The first-order valence-corrected chi connectivity index (χ1v) is 6.42. The highest BCUT2D eigenvalue weighted by molar-refractivity contribution is 6.38. The van der Waals surface area contributed by atoms with Gasteiger partial charge in [-0.05, 0) is 42.8 Å². The van der Waals surface area contributed by atoms with Gasteiger partial charge >= 0.3 is 0 Å². The molecule has 0 aliphatic carbocycles. The summed E-state index contributed by atoms with van der Waals surface area (Å²) in [5, 5.41) is 0.987. The molecule has 2 aromatic carbocycles. The predicted octanol–water partition coefficient (Wildman–Crippen LogP) is 4.69. The summed E-state index contributed by atoms with van der Waals surface area (Å²) < 4.78 is 5.72. The number of nitrogens with zero attached hydrogens (tertiary/aromatic N) is 1. The van der Waals surface area contributed by atoms with Crippen LogP contribution in [0.2, 0.25) is 10.0 Å². The fraction of sp³-hybridized carbons (Fsp3) is 0.0714. The number of fused-ring (bicyclic) bond motifs is 1. The third-order valence-electron chi connectivity index (χ3n) is 2.89. The van der Waals surface area contributed by atoms with E-state index < -0.39 is 0 Å². The molecule has 2 N–H and O–H groups in total. The Bertz CT molecular complexity index is 780. The van der Waals surface area contributed by atoms with Crippen LogP contribution in [0.5, 0.6) is 0 Å². The Hall–Kier alpha value is -1.71. The summed E-state index contributed by atoms with van der Waals surface area (Å²) in [6.45, 7) is 1.95. The van der Waals surface area contributed by atoms with Crippen LogP contribution in [-0.4, -0.2) is 4.98 Å². The maximum Gasteiger partial charge on any atom is 0.227 e. The molecule has 3 aromatic rings. The van der Waals surface area contributed by atoms with Crippen LogP contribution in [0.4, 0.5) is 5.69 Å². The fourth-order valence-electron chi connectivity index (χ4n) is 2.00. The minimum Gasteiger partial charge on any atom is -0.434 e. The van der Waals surface area contributed by atoms with Crippen LogP contribution in [0.1, 0.15) is 5.56 Å². The van der Waals surface area contributed by atoms with Crippen molar-refractivity contribution >= 4 is 40.0 Å². The quantitative estimate of drug-likeness (QED) is 0.662. The van der Waals surface area contributed by atoms with E-state index in [-0.39, 0.29) is 0 Å². The smallest absolute Gasteiger partial charge is 0.227 e. The second kappa shape index (κ2) is 4.44. The van der Waals surface area contributed by atoms with E-state index in [4.69, 9.17) is 33.4 Å². The second-order valence-corrected chi connectivity index (χ2v) is 5.17. The zero-order valence-corrected chi connectivity index (χ0v) is 11.6. The number of aryl methyl sites for hydroxylation is 1. The van der Waals surface area contributed by atoms with Crippen molar-refractivity contribution in [2.75, 3.05) is 5.73 Å². The molecule has 1 aromatic heterocycles. The van der Waals surface area contributed by atoms with Gasteiger partial charge in [-0.15, -0.1) is 0 Å². The molecular weight excluding hydrogens is 283 g/mol. The Morgan fingerprint density at radius 3 is 2.68 bits per heavy atom. The highest BCUT2D eigenvalue weighted by Gasteiger charge is 2.13. The van der Waals surface area contributed by atoms with Crippen LogP contribution in [0, 0.1) is 6.92 Å². The van der Waals surface area contributed by atoms with Gasteiger partial charge < -0.3 is 10.2 Å². The zero-order valence-electron chi connectivity index (χ0n) is 10.1. The highest BCUT2D eigenvalue weighted by Crippen LogP contribution is 2.33. The molecule has 0 spiro atoms. The number of hydrogen-bond acceptors (Lipinski definition) is 3. The molecule has 0 unspecified atom stereocenters. The van der Waals surface area contributed by atoms with E-state index in [0.717, 1.165) is 11.1 Å². The first-order chi connectivity index (χ1) is 9.04. The van der Waals surface area contributed by atoms with Crippen molar-refractivity contribution < 1.29 is 4.42 Å². The molecule has 0 aliphatic rings. The van der Waals surface area contributed by atoms with Crippen LogP contribution in [-0.2, 0) is 0 Å². The molecule has 96 valence electrons. The molecule has 0 fully saturated rings. The maximum absolute atomic E-state index is 6.09. The van der Waals surface area contributed by atoms with Crippen molar-refractivity contribution in [1.82, 2.24) is 4.98 Å². The number of benzene rings is 2. The number of hydrogen-bond donors (Lipinski definition) is 1. The van der Waals surface area contributed by atoms with Crippen LogP contribution in [0.25, 0.3) is 22.6 Å². The summed E-state index contributed by atoms with van der Waals surface area (Å²) in [6.07, 6.45) is 0. The lowest BCUT2D eigenvalue weighted by Crippen LogP contribution is -1.88. The average molecular weight is 293 g/mol. The van der Waals surface area contributed by atoms with Crippen molar-refractivity contribution in [2.45, 2.75) is 6.92 Å². The number of oxazole rings is 1. The Kier molecular flexibility index (Phi) is 2.88. The van der Waals surface area contributed by atoms with E-state index in [1.54, 1.807) is 12.1 Å². The number of aromatic nitrogens is 1. The van der Waals surface area contributed by atoms with Crippen molar-refractivity contribution in [3.05, 3.63) is 45.9 Å². The van der Waals surface area contributed by atoms with E-state index in [2.05, 4.69) is 4.98 Å². The van der Waals surface area contributed by atoms with E-state index in [0.29, 0.717) is 32.7 Å². The van der Waals surface area contributed by atoms with Crippen molar-refractivity contribution in [1.29, 1.82) is 0 Å². The molecule has 0 aliphatic heterocycles. The Balaban J connectivity index is 2.23. The SMILES string of the molecule is Cc1cc(N)ccc1-c1nc2cc(Cl)cc(Cl)c2o1. The van der Waals surface area contributed by atoms with E-state index in [9.17, 15) is 0 Å². The molecule has 0 atom stereocenters. The summed E-state index contributed by atoms with van der Waals surface area (Å²) in [5.74, 6) is 0.511. The lowest BCUT2D eigenvalue weighted by atomic mass is 10.1. The van der Waals surface area contributed by atoms with Crippen molar-refractivity contribution in [3.8, 4) is 11.5 Å². The first-order valence-electron chi connectivity index (χ1n) is 5.66. The summed E-state index contributed by atoms with van der Waals surface area (Å²) >= 11 is 12.0. The summed E-state index contributed by atoms with van der Waals surface area (Å²) in [7, 11) is 0. The Morgan fingerprint density at radius 2 is 1.95 bits per heavy atom. The van der Waals surface area contributed by atoms with Gasteiger partial charge in [-0.1, -0.05) is 23.2 Å². The normalized spacial score (nSPS) is 11.1. The van der Waals surface area contributed by atoms with Gasteiger partial charge in [-0.2, -0.15) is 0 Å². The summed E-state index contributed by atoms with van der Waals surface area (Å²) in [4.78, 5) is 4.42. The van der Waals surface area contributed by atoms with Crippen LogP contribution < -0.4 is 5.73 Å². The van der Waals surface area contributed by atoms with Crippen molar-refractivity contribution in [3.63, 3.8) is 0 Å². The lowest BCUT2D eigenvalue weighted by molar-refractivity contribution is 0.619. The molecule has 0 radical (unpaired) electrons. The van der Waals surface area contributed by atoms with Gasteiger partial charge in [0.05, 0.1) is 5.02 Å². The molecule has 19 heavy (non-hydrogen) atoms.